The molecule has 10 heteroatoms. The number of nitriles is 1. The van der Waals surface area contributed by atoms with Gasteiger partial charge < -0.3 is 19.5 Å². The van der Waals surface area contributed by atoms with E-state index < -0.39 is 17.5 Å². The first kappa shape index (κ1) is 27.1. The van der Waals surface area contributed by atoms with Crippen molar-refractivity contribution < 1.29 is 28.5 Å². The van der Waals surface area contributed by atoms with Gasteiger partial charge in [0, 0.05) is 18.7 Å². The summed E-state index contributed by atoms with van der Waals surface area (Å²) in [5.41, 5.74) is 0.305. The van der Waals surface area contributed by atoms with Crippen molar-refractivity contribution in [3.63, 3.8) is 0 Å². The zero-order valence-electron chi connectivity index (χ0n) is 18.4. The van der Waals surface area contributed by atoms with Gasteiger partial charge in [-0.1, -0.05) is 12.1 Å². The Morgan fingerprint density at radius 3 is 2.38 bits per heavy atom. The topological polar surface area (TPSA) is 133 Å². The molecule has 0 saturated carbocycles. The van der Waals surface area contributed by atoms with Crippen LogP contribution in [0.5, 0.6) is 0 Å². The van der Waals surface area contributed by atoms with Crippen LogP contribution in [0.1, 0.15) is 32.8 Å². The lowest BCUT2D eigenvalue weighted by atomic mass is 10.1. The van der Waals surface area contributed by atoms with E-state index in [1.165, 1.54) is 6.08 Å². The largest absolute Gasteiger partial charge is 0.459 e. The predicted octanol–water partition coefficient (Wildman–Crippen LogP) is 2.86. The number of aliphatic hydroxyl groups is 1. The number of nitrogens with zero attached hydrogens (tertiary/aromatic N) is 2. The van der Waals surface area contributed by atoms with E-state index in [0.717, 1.165) is 5.69 Å². The molecule has 2 N–H and O–H groups in total. The summed E-state index contributed by atoms with van der Waals surface area (Å²) in [5.74, 6) is -1.45. The van der Waals surface area contributed by atoms with Crippen LogP contribution in [0.2, 0.25) is 0 Å². The maximum Gasteiger partial charge on any atom is 0.352 e. The zero-order chi connectivity index (χ0) is 24.1. The van der Waals surface area contributed by atoms with Gasteiger partial charge >= 0.3 is 11.9 Å². The van der Waals surface area contributed by atoms with Crippen molar-refractivity contribution in [2.75, 3.05) is 37.8 Å². The van der Waals surface area contributed by atoms with E-state index in [0.29, 0.717) is 18.7 Å². The molecule has 0 heterocycles. The van der Waals surface area contributed by atoms with E-state index in [1.807, 2.05) is 6.07 Å². The summed E-state index contributed by atoms with van der Waals surface area (Å²) in [7, 11) is 0. The summed E-state index contributed by atoms with van der Waals surface area (Å²) in [6.45, 7) is 5.69. The van der Waals surface area contributed by atoms with Crippen LogP contribution < -0.4 is 4.90 Å². The van der Waals surface area contributed by atoms with Gasteiger partial charge in [-0.05, 0) is 44.5 Å². The summed E-state index contributed by atoms with van der Waals surface area (Å²) in [5, 5.41) is 26.2. The van der Waals surface area contributed by atoms with Crippen molar-refractivity contribution in [2.45, 2.75) is 32.8 Å². The third-order valence-electron chi connectivity index (χ3n) is 3.95. The van der Waals surface area contributed by atoms with Gasteiger partial charge in [0.1, 0.15) is 29.6 Å². The highest BCUT2D eigenvalue weighted by Crippen LogP contribution is 2.18. The third kappa shape index (κ3) is 9.92. The Morgan fingerprint density at radius 2 is 1.84 bits per heavy atom. The zero-order valence-corrected chi connectivity index (χ0v) is 19.1. The lowest BCUT2D eigenvalue weighted by Crippen LogP contribution is -2.32. The lowest BCUT2D eigenvalue weighted by Gasteiger charge is -2.24. The summed E-state index contributed by atoms with van der Waals surface area (Å²) < 4.78 is 14.6. The van der Waals surface area contributed by atoms with Crippen molar-refractivity contribution in [1.29, 1.82) is 10.7 Å². The minimum atomic E-state index is -0.755. The van der Waals surface area contributed by atoms with Gasteiger partial charge in [0.2, 0.25) is 0 Å². The molecule has 1 aromatic rings. The van der Waals surface area contributed by atoms with Crippen LogP contribution >= 0.6 is 11.9 Å². The van der Waals surface area contributed by atoms with Crippen LogP contribution in [0, 0.1) is 16.7 Å². The third-order valence-corrected chi connectivity index (χ3v) is 4.10. The molecule has 0 bridgehead atoms. The smallest absolute Gasteiger partial charge is 0.352 e. The Morgan fingerprint density at radius 1 is 1.19 bits per heavy atom. The number of anilines is 1. The number of carbonyl (C=O) groups is 2. The van der Waals surface area contributed by atoms with Crippen LogP contribution in [0.4, 0.5) is 5.69 Å². The van der Waals surface area contributed by atoms with Crippen molar-refractivity contribution in [1.82, 2.24) is 0 Å². The number of hydrogen-bond donors (Lipinski definition) is 2. The van der Waals surface area contributed by atoms with Crippen molar-refractivity contribution in [3.8, 4) is 6.07 Å². The van der Waals surface area contributed by atoms with Crippen molar-refractivity contribution >= 4 is 41.3 Å². The molecule has 0 aliphatic heterocycles. The molecule has 1 rings (SSSR count). The normalized spacial score (nSPS) is 11.4. The summed E-state index contributed by atoms with van der Waals surface area (Å²) in [6, 6.07) is 8.80. The number of carbonyl (C=O) groups excluding carboxylic acids is 2. The molecule has 0 spiro atoms. The molecule has 0 aliphatic carbocycles. The Kier molecular flexibility index (Phi) is 11.4. The van der Waals surface area contributed by atoms with E-state index in [4.69, 9.17) is 26.7 Å². The molecule has 174 valence electrons. The maximum atomic E-state index is 12.1. The second-order valence-corrected chi connectivity index (χ2v) is 7.87. The average molecular weight is 466 g/mol. The highest BCUT2D eigenvalue weighted by Gasteiger charge is 2.20. The molecular formula is C22H28ClN3O6. The molecule has 0 aromatic heterocycles. The quantitative estimate of drug-likeness (QED) is 0.208. The molecule has 32 heavy (non-hydrogen) atoms. The fourth-order valence-corrected chi connectivity index (χ4v) is 2.56. The number of halogens is 1. The number of rotatable bonds is 12. The van der Waals surface area contributed by atoms with E-state index in [2.05, 4.69) is 4.29 Å². The number of benzene rings is 1. The summed E-state index contributed by atoms with van der Waals surface area (Å²) in [4.78, 5) is 25.7. The van der Waals surface area contributed by atoms with Crippen LogP contribution in [-0.2, 0) is 23.4 Å². The molecule has 0 unspecified atom stereocenters. The van der Waals surface area contributed by atoms with Crippen molar-refractivity contribution in [3.05, 3.63) is 35.4 Å². The number of aliphatic hydroxyl groups excluding tert-OH is 1. The SMILES string of the molecule is CC(C)(C)OC(=O)/C(C#N)=C/c1ccc(N(CCO)CCOC(=O)C(=N)CCOCl)cc1. The first-order valence-corrected chi connectivity index (χ1v) is 10.2. The maximum absolute atomic E-state index is 12.1. The van der Waals surface area contributed by atoms with Crippen LogP contribution in [-0.4, -0.2) is 61.3 Å². The van der Waals surface area contributed by atoms with Gasteiger partial charge in [-0.25, -0.2) is 9.59 Å². The van der Waals surface area contributed by atoms with Gasteiger partial charge in [0.15, 0.2) is 0 Å². The Balaban J connectivity index is 2.79. The first-order chi connectivity index (χ1) is 15.1. The molecule has 0 atom stereocenters. The average Bonchev–Trinajstić information content (AvgIpc) is 2.74. The van der Waals surface area contributed by atoms with Gasteiger partial charge in [0.05, 0.1) is 31.6 Å². The van der Waals surface area contributed by atoms with E-state index in [-0.39, 0.29) is 37.5 Å². The van der Waals surface area contributed by atoms with Gasteiger partial charge in [-0.2, -0.15) is 5.26 Å². The summed E-state index contributed by atoms with van der Waals surface area (Å²) >= 11 is 5.07. The molecule has 0 radical (unpaired) electrons. The Labute approximate surface area is 192 Å². The molecule has 0 amide bonds. The molecule has 0 fully saturated rings. The fraction of sp³-hybridized carbons (Fsp3) is 0.455. The molecule has 0 aliphatic rings. The second-order valence-electron chi connectivity index (χ2n) is 7.65. The van der Waals surface area contributed by atoms with Gasteiger partial charge in [0.25, 0.3) is 0 Å². The fourth-order valence-electron chi connectivity index (χ4n) is 2.49. The monoisotopic (exact) mass is 465 g/mol. The standard InChI is InChI=1S/C22H28ClN3O6/c1-22(2,3)32-20(28)17(15-24)14-16-4-6-18(7-5-16)26(9-11-27)10-13-30-21(29)19(25)8-12-31-23/h4-7,14,25,27H,8-13H2,1-3H3/b17-14+,25-19?. The van der Waals surface area contributed by atoms with Crippen LogP contribution in [0.3, 0.4) is 0 Å². The molecule has 1 aromatic carbocycles. The van der Waals surface area contributed by atoms with Crippen LogP contribution in [0.25, 0.3) is 6.08 Å². The minimum absolute atomic E-state index is 0.0157. The second kappa shape index (κ2) is 13.5. The molecule has 0 saturated heterocycles. The lowest BCUT2D eigenvalue weighted by molar-refractivity contribution is -0.149. The Hall–Kier alpha value is -2.93. The summed E-state index contributed by atoms with van der Waals surface area (Å²) in [6.07, 6.45) is 1.48. The Bertz CT molecular complexity index is 856. The van der Waals surface area contributed by atoms with E-state index in [9.17, 15) is 20.0 Å². The highest BCUT2D eigenvalue weighted by atomic mass is 35.5. The van der Waals surface area contributed by atoms with Gasteiger partial charge in [-0.3, -0.25) is 9.70 Å². The van der Waals surface area contributed by atoms with Crippen molar-refractivity contribution in [2.24, 2.45) is 0 Å². The first-order valence-electron chi connectivity index (χ1n) is 9.90. The van der Waals surface area contributed by atoms with Gasteiger partial charge in [-0.15, -0.1) is 0 Å². The number of esters is 2. The van der Waals surface area contributed by atoms with Crippen LogP contribution in [0.15, 0.2) is 29.8 Å². The number of ether oxygens (including phenoxy) is 2. The number of hydrogen-bond acceptors (Lipinski definition) is 9. The number of nitrogens with one attached hydrogen (secondary N) is 1. The van der Waals surface area contributed by atoms with E-state index >= 15 is 0 Å². The predicted molar refractivity (Wildman–Crippen MR) is 120 cm³/mol. The highest BCUT2D eigenvalue weighted by molar-refractivity contribution is 6.35. The van der Waals surface area contributed by atoms with E-state index in [1.54, 1.807) is 49.9 Å². The molecular weight excluding hydrogens is 438 g/mol. The minimum Gasteiger partial charge on any atom is -0.459 e. The molecule has 9 nitrogen and oxygen atoms in total.